The summed E-state index contributed by atoms with van der Waals surface area (Å²) in [5, 5.41) is 2.78. The van der Waals surface area contributed by atoms with Crippen molar-refractivity contribution in [2.45, 2.75) is 18.8 Å². The standard InChI is InChI=1S/C25H25NO6S/c1-17-12-13-22(31-2)21(14-17)26-24(27)23(19-9-5-4-6-10-19)32-25(28)20-11-7-8-18(15-20)16-33(3,29)30/h4-15,23H,16H2,1-3H3,(H,26,27). The van der Waals surface area contributed by atoms with Crippen molar-refractivity contribution < 1.29 is 27.5 Å². The van der Waals surface area contributed by atoms with Crippen molar-refractivity contribution in [1.29, 1.82) is 0 Å². The average Bonchev–Trinajstić information content (AvgIpc) is 2.77. The first-order valence-electron chi connectivity index (χ1n) is 10.1. The molecular weight excluding hydrogens is 442 g/mol. The normalized spacial score (nSPS) is 12.0. The van der Waals surface area contributed by atoms with Crippen LogP contribution in [0.5, 0.6) is 5.75 Å². The van der Waals surface area contributed by atoms with Crippen LogP contribution in [0, 0.1) is 6.92 Å². The molecular formula is C25H25NO6S. The molecule has 0 saturated carbocycles. The number of methoxy groups -OCH3 is 1. The number of anilines is 1. The van der Waals surface area contributed by atoms with E-state index < -0.39 is 27.8 Å². The third-order valence-corrected chi connectivity index (χ3v) is 5.63. The second kappa shape index (κ2) is 10.3. The summed E-state index contributed by atoms with van der Waals surface area (Å²) in [5.74, 6) is -1.03. The number of nitrogens with one attached hydrogen (secondary N) is 1. The molecule has 172 valence electrons. The van der Waals surface area contributed by atoms with Crippen LogP contribution in [0.25, 0.3) is 0 Å². The lowest BCUT2D eigenvalue weighted by molar-refractivity contribution is -0.125. The van der Waals surface area contributed by atoms with Crippen LogP contribution in [-0.4, -0.2) is 33.7 Å². The van der Waals surface area contributed by atoms with Crippen LogP contribution in [0.3, 0.4) is 0 Å². The molecule has 0 aliphatic rings. The zero-order valence-electron chi connectivity index (χ0n) is 18.6. The summed E-state index contributed by atoms with van der Waals surface area (Å²) in [6, 6.07) is 20.1. The first kappa shape index (κ1) is 24.0. The highest BCUT2D eigenvalue weighted by molar-refractivity contribution is 7.89. The summed E-state index contributed by atoms with van der Waals surface area (Å²) >= 11 is 0. The predicted molar refractivity (Wildman–Crippen MR) is 126 cm³/mol. The zero-order chi connectivity index (χ0) is 24.0. The number of esters is 1. The third-order valence-electron chi connectivity index (χ3n) is 4.77. The Kier molecular flexibility index (Phi) is 7.50. The van der Waals surface area contributed by atoms with Crippen molar-refractivity contribution in [3.05, 3.63) is 95.1 Å². The summed E-state index contributed by atoms with van der Waals surface area (Å²) in [7, 11) is -1.77. The van der Waals surface area contributed by atoms with E-state index in [9.17, 15) is 18.0 Å². The van der Waals surface area contributed by atoms with E-state index in [4.69, 9.17) is 9.47 Å². The maximum Gasteiger partial charge on any atom is 0.339 e. The van der Waals surface area contributed by atoms with Gasteiger partial charge in [0.2, 0.25) is 6.10 Å². The number of hydrogen-bond acceptors (Lipinski definition) is 6. The van der Waals surface area contributed by atoms with E-state index in [0.717, 1.165) is 11.8 Å². The van der Waals surface area contributed by atoms with E-state index in [1.807, 2.05) is 13.0 Å². The Morgan fingerprint density at radius 1 is 0.970 bits per heavy atom. The number of amides is 1. The van der Waals surface area contributed by atoms with Crippen molar-refractivity contribution in [2.24, 2.45) is 0 Å². The number of ether oxygens (including phenoxy) is 2. The lowest BCUT2D eigenvalue weighted by Crippen LogP contribution is -2.26. The Hall–Kier alpha value is -3.65. The molecule has 3 aromatic rings. The minimum Gasteiger partial charge on any atom is -0.495 e. The van der Waals surface area contributed by atoms with Gasteiger partial charge < -0.3 is 14.8 Å². The molecule has 3 aromatic carbocycles. The van der Waals surface area contributed by atoms with Gasteiger partial charge in [-0.1, -0.05) is 48.5 Å². The van der Waals surface area contributed by atoms with Crippen molar-refractivity contribution >= 4 is 27.4 Å². The molecule has 0 radical (unpaired) electrons. The van der Waals surface area contributed by atoms with Crippen molar-refractivity contribution in [3.63, 3.8) is 0 Å². The number of aryl methyl sites for hydroxylation is 1. The highest BCUT2D eigenvalue weighted by atomic mass is 32.2. The molecule has 0 aliphatic carbocycles. The highest BCUT2D eigenvalue weighted by Gasteiger charge is 2.27. The second-order valence-electron chi connectivity index (χ2n) is 7.66. The molecule has 0 saturated heterocycles. The molecule has 8 heteroatoms. The van der Waals surface area contributed by atoms with Crippen LogP contribution in [0.15, 0.2) is 72.8 Å². The van der Waals surface area contributed by atoms with Crippen molar-refractivity contribution in [3.8, 4) is 5.75 Å². The Bertz CT molecular complexity index is 1250. The van der Waals surface area contributed by atoms with Crippen LogP contribution in [0.1, 0.15) is 33.2 Å². The summed E-state index contributed by atoms with van der Waals surface area (Å²) in [6.45, 7) is 1.88. The van der Waals surface area contributed by atoms with Gasteiger partial charge in [-0.2, -0.15) is 0 Å². The van der Waals surface area contributed by atoms with Crippen molar-refractivity contribution in [1.82, 2.24) is 0 Å². The average molecular weight is 468 g/mol. The van der Waals surface area contributed by atoms with Gasteiger partial charge >= 0.3 is 5.97 Å². The lowest BCUT2D eigenvalue weighted by atomic mass is 10.1. The van der Waals surface area contributed by atoms with Gasteiger partial charge in [0.05, 0.1) is 24.1 Å². The Morgan fingerprint density at radius 3 is 2.36 bits per heavy atom. The molecule has 1 N–H and O–H groups in total. The molecule has 1 amide bonds. The van der Waals surface area contributed by atoms with Gasteiger partial charge in [0.15, 0.2) is 9.84 Å². The fourth-order valence-corrected chi connectivity index (χ4v) is 4.07. The smallest absolute Gasteiger partial charge is 0.339 e. The number of carbonyl (C=O) groups excluding carboxylic acids is 2. The minimum atomic E-state index is -3.27. The topological polar surface area (TPSA) is 98.8 Å². The van der Waals surface area contributed by atoms with Gasteiger partial charge in [-0.25, -0.2) is 13.2 Å². The SMILES string of the molecule is COc1ccc(C)cc1NC(=O)C(OC(=O)c1cccc(CS(C)(=O)=O)c1)c1ccccc1. The number of benzene rings is 3. The molecule has 0 aromatic heterocycles. The first-order chi connectivity index (χ1) is 15.7. The highest BCUT2D eigenvalue weighted by Crippen LogP contribution is 2.28. The Balaban J connectivity index is 1.88. The van der Waals surface area contributed by atoms with E-state index in [0.29, 0.717) is 22.6 Å². The summed E-state index contributed by atoms with van der Waals surface area (Å²) in [6.07, 6.45) is -0.115. The van der Waals surface area contributed by atoms with Gasteiger partial charge in [0.25, 0.3) is 5.91 Å². The maximum atomic E-state index is 13.2. The molecule has 33 heavy (non-hydrogen) atoms. The van der Waals surface area contributed by atoms with Gasteiger partial charge in [0, 0.05) is 11.8 Å². The summed E-state index contributed by atoms with van der Waals surface area (Å²) < 4.78 is 34.1. The van der Waals surface area contributed by atoms with Gasteiger partial charge in [-0.3, -0.25) is 4.79 Å². The van der Waals surface area contributed by atoms with Gasteiger partial charge in [-0.15, -0.1) is 0 Å². The first-order valence-corrected chi connectivity index (χ1v) is 12.2. The van der Waals surface area contributed by atoms with Crippen LogP contribution in [0.2, 0.25) is 0 Å². The van der Waals surface area contributed by atoms with Crippen LogP contribution in [-0.2, 0) is 25.1 Å². The second-order valence-corrected chi connectivity index (χ2v) is 9.80. The van der Waals surface area contributed by atoms with Crippen molar-refractivity contribution in [2.75, 3.05) is 18.7 Å². The molecule has 1 atom stereocenters. The van der Waals surface area contributed by atoms with E-state index >= 15 is 0 Å². The number of sulfone groups is 1. The molecule has 0 spiro atoms. The molecule has 0 fully saturated rings. The Morgan fingerprint density at radius 2 is 1.70 bits per heavy atom. The van der Waals surface area contributed by atoms with E-state index in [1.165, 1.54) is 19.2 Å². The van der Waals surface area contributed by atoms with Gasteiger partial charge in [0.1, 0.15) is 5.75 Å². The number of rotatable bonds is 8. The van der Waals surface area contributed by atoms with Crippen LogP contribution in [0.4, 0.5) is 5.69 Å². The fourth-order valence-electron chi connectivity index (χ4n) is 3.28. The van der Waals surface area contributed by atoms with E-state index in [1.54, 1.807) is 54.6 Å². The molecule has 0 bridgehead atoms. The number of carbonyl (C=O) groups is 2. The maximum absolute atomic E-state index is 13.2. The van der Waals surface area contributed by atoms with Crippen LogP contribution < -0.4 is 10.1 Å². The lowest BCUT2D eigenvalue weighted by Gasteiger charge is -2.19. The predicted octanol–water partition coefficient (Wildman–Crippen LogP) is 4.09. The number of hydrogen-bond donors (Lipinski definition) is 1. The van der Waals surface area contributed by atoms with E-state index in [-0.39, 0.29) is 11.3 Å². The molecule has 3 rings (SSSR count). The molecule has 0 heterocycles. The fraction of sp³-hybridized carbons (Fsp3) is 0.200. The van der Waals surface area contributed by atoms with Gasteiger partial charge in [-0.05, 0) is 42.3 Å². The molecule has 7 nitrogen and oxygen atoms in total. The molecule has 0 aliphatic heterocycles. The summed E-state index contributed by atoms with van der Waals surface area (Å²) in [5.41, 5.74) is 2.47. The minimum absolute atomic E-state index is 0.151. The van der Waals surface area contributed by atoms with E-state index in [2.05, 4.69) is 5.32 Å². The molecule has 1 unspecified atom stereocenters. The largest absolute Gasteiger partial charge is 0.495 e. The summed E-state index contributed by atoms with van der Waals surface area (Å²) in [4.78, 5) is 26.1. The Labute approximate surface area is 193 Å². The quantitative estimate of drug-likeness (QED) is 0.501. The zero-order valence-corrected chi connectivity index (χ0v) is 19.4. The third kappa shape index (κ3) is 6.66. The monoisotopic (exact) mass is 467 g/mol. The van der Waals surface area contributed by atoms with Crippen LogP contribution >= 0.6 is 0 Å².